The van der Waals surface area contributed by atoms with Crippen molar-refractivity contribution >= 4 is 34.5 Å². The van der Waals surface area contributed by atoms with Gasteiger partial charge in [-0.3, -0.25) is 9.59 Å². The largest absolute Gasteiger partial charge is 0.374 e. The molecule has 1 atom stereocenters. The molecular weight excluding hydrogens is 334 g/mol. The van der Waals surface area contributed by atoms with Crippen molar-refractivity contribution < 1.29 is 9.59 Å². The molecule has 6 heteroatoms. The number of carbonyl (C=O) groups excluding carboxylic acids is 2. The van der Waals surface area contributed by atoms with Gasteiger partial charge in [-0.15, -0.1) is 11.3 Å². The summed E-state index contributed by atoms with van der Waals surface area (Å²) in [5.74, 6) is 0.133. The quantitative estimate of drug-likeness (QED) is 0.836. The fourth-order valence-electron chi connectivity index (χ4n) is 2.98. The van der Waals surface area contributed by atoms with Crippen LogP contribution in [-0.4, -0.2) is 31.4 Å². The molecular formula is C19H23N3O2S. The molecule has 0 aliphatic carbocycles. The van der Waals surface area contributed by atoms with E-state index in [1.165, 1.54) is 4.88 Å². The Balaban J connectivity index is 1.54. The standard InChI is InChI=1S/C19H23N3O2S/c1-13(19(24)20-10-9-16-4-3-11-25-16)21-15-6-7-17-14(12-15)5-8-18(23)22(17)2/h3-4,6-7,11-13,21H,5,8-10H2,1-2H3,(H,20,24). The number of thiophene rings is 1. The van der Waals surface area contributed by atoms with Gasteiger partial charge in [0.2, 0.25) is 11.8 Å². The third-order valence-corrected chi connectivity index (χ3v) is 5.39. The van der Waals surface area contributed by atoms with Gasteiger partial charge in [-0.2, -0.15) is 0 Å². The van der Waals surface area contributed by atoms with E-state index in [9.17, 15) is 9.59 Å². The number of benzene rings is 1. The lowest BCUT2D eigenvalue weighted by Crippen LogP contribution is -2.38. The summed E-state index contributed by atoms with van der Waals surface area (Å²) < 4.78 is 0. The summed E-state index contributed by atoms with van der Waals surface area (Å²) in [6, 6.07) is 9.68. The third-order valence-electron chi connectivity index (χ3n) is 4.45. The Morgan fingerprint density at radius 2 is 2.16 bits per heavy atom. The van der Waals surface area contributed by atoms with Crippen molar-refractivity contribution in [1.82, 2.24) is 5.32 Å². The highest BCUT2D eigenvalue weighted by Gasteiger charge is 2.21. The van der Waals surface area contributed by atoms with E-state index >= 15 is 0 Å². The minimum absolute atomic E-state index is 0.0124. The van der Waals surface area contributed by atoms with Gasteiger partial charge in [0.05, 0.1) is 0 Å². The lowest BCUT2D eigenvalue weighted by molar-refractivity contribution is -0.121. The van der Waals surface area contributed by atoms with Gasteiger partial charge in [-0.25, -0.2) is 0 Å². The Kier molecular flexibility index (Phi) is 5.38. The van der Waals surface area contributed by atoms with Crippen LogP contribution in [-0.2, 0) is 22.4 Å². The number of hydrogen-bond donors (Lipinski definition) is 2. The first-order chi connectivity index (χ1) is 12.0. The van der Waals surface area contributed by atoms with Crippen molar-refractivity contribution in [2.45, 2.75) is 32.2 Å². The average molecular weight is 357 g/mol. The van der Waals surface area contributed by atoms with Crippen LogP contribution in [0.5, 0.6) is 0 Å². The topological polar surface area (TPSA) is 61.4 Å². The van der Waals surface area contributed by atoms with E-state index in [0.29, 0.717) is 13.0 Å². The minimum Gasteiger partial charge on any atom is -0.374 e. The first kappa shape index (κ1) is 17.5. The first-order valence-corrected chi connectivity index (χ1v) is 9.38. The second-order valence-corrected chi connectivity index (χ2v) is 7.31. The van der Waals surface area contributed by atoms with Crippen molar-refractivity contribution in [2.75, 3.05) is 23.8 Å². The Morgan fingerprint density at radius 1 is 1.32 bits per heavy atom. The maximum absolute atomic E-state index is 12.2. The molecule has 1 aromatic heterocycles. The number of nitrogens with zero attached hydrogens (tertiary/aromatic N) is 1. The fourth-order valence-corrected chi connectivity index (χ4v) is 3.69. The molecule has 132 valence electrons. The zero-order valence-electron chi connectivity index (χ0n) is 14.5. The Morgan fingerprint density at radius 3 is 2.92 bits per heavy atom. The van der Waals surface area contributed by atoms with Crippen molar-refractivity contribution in [3.8, 4) is 0 Å². The predicted octanol–water partition coefficient (Wildman–Crippen LogP) is 2.82. The van der Waals surface area contributed by atoms with Crippen LogP contribution in [0.2, 0.25) is 0 Å². The van der Waals surface area contributed by atoms with Crippen molar-refractivity contribution in [3.05, 3.63) is 46.2 Å². The van der Waals surface area contributed by atoms with Crippen LogP contribution in [0.15, 0.2) is 35.7 Å². The maximum atomic E-state index is 12.2. The molecule has 1 aliphatic rings. The van der Waals surface area contributed by atoms with Gasteiger partial charge in [-0.05, 0) is 55.0 Å². The molecule has 1 aliphatic heterocycles. The summed E-state index contributed by atoms with van der Waals surface area (Å²) in [6.07, 6.45) is 2.14. The lowest BCUT2D eigenvalue weighted by atomic mass is 10.0. The zero-order chi connectivity index (χ0) is 17.8. The van der Waals surface area contributed by atoms with Gasteiger partial charge in [0, 0.05) is 36.3 Å². The van der Waals surface area contributed by atoms with Crippen LogP contribution in [0.4, 0.5) is 11.4 Å². The summed E-state index contributed by atoms with van der Waals surface area (Å²) in [7, 11) is 1.80. The fraction of sp³-hybridized carbons (Fsp3) is 0.368. The number of nitrogens with one attached hydrogen (secondary N) is 2. The number of rotatable bonds is 6. The first-order valence-electron chi connectivity index (χ1n) is 8.50. The molecule has 3 rings (SSSR count). The van der Waals surface area contributed by atoms with E-state index in [4.69, 9.17) is 0 Å². The van der Waals surface area contributed by atoms with Gasteiger partial charge in [0.1, 0.15) is 6.04 Å². The van der Waals surface area contributed by atoms with Crippen molar-refractivity contribution in [3.63, 3.8) is 0 Å². The number of fused-ring (bicyclic) bond motifs is 1. The van der Waals surface area contributed by atoms with Gasteiger partial charge in [0.15, 0.2) is 0 Å². The summed E-state index contributed by atoms with van der Waals surface area (Å²) in [5.41, 5.74) is 3.00. The molecule has 0 spiro atoms. The normalized spacial score (nSPS) is 14.8. The predicted molar refractivity (Wildman–Crippen MR) is 102 cm³/mol. The summed E-state index contributed by atoms with van der Waals surface area (Å²) >= 11 is 1.70. The molecule has 0 saturated carbocycles. The molecule has 0 radical (unpaired) electrons. The number of hydrogen-bond acceptors (Lipinski definition) is 4. The highest BCUT2D eigenvalue weighted by molar-refractivity contribution is 7.09. The number of aryl methyl sites for hydroxylation is 1. The molecule has 2 N–H and O–H groups in total. The zero-order valence-corrected chi connectivity index (χ0v) is 15.4. The van der Waals surface area contributed by atoms with E-state index in [2.05, 4.69) is 16.7 Å². The highest BCUT2D eigenvalue weighted by Crippen LogP contribution is 2.29. The van der Waals surface area contributed by atoms with Crippen molar-refractivity contribution in [1.29, 1.82) is 0 Å². The molecule has 2 amide bonds. The van der Waals surface area contributed by atoms with Crippen LogP contribution in [0.25, 0.3) is 0 Å². The van der Waals surface area contributed by atoms with Crippen LogP contribution < -0.4 is 15.5 Å². The van der Waals surface area contributed by atoms with E-state index in [1.807, 2.05) is 36.6 Å². The van der Waals surface area contributed by atoms with Gasteiger partial charge in [-0.1, -0.05) is 6.07 Å². The van der Waals surface area contributed by atoms with Gasteiger partial charge in [0.25, 0.3) is 0 Å². The SMILES string of the molecule is CC(Nc1ccc2c(c1)CCC(=O)N2C)C(=O)NCCc1cccs1. The van der Waals surface area contributed by atoms with E-state index in [-0.39, 0.29) is 17.9 Å². The summed E-state index contributed by atoms with van der Waals surface area (Å²) in [6.45, 7) is 2.50. The van der Waals surface area contributed by atoms with Crippen LogP contribution in [0, 0.1) is 0 Å². The number of amides is 2. The molecule has 2 aromatic rings. The summed E-state index contributed by atoms with van der Waals surface area (Å²) in [5, 5.41) is 8.26. The molecule has 25 heavy (non-hydrogen) atoms. The second-order valence-electron chi connectivity index (χ2n) is 6.28. The number of carbonyl (C=O) groups is 2. The highest BCUT2D eigenvalue weighted by atomic mass is 32.1. The van der Waals surface area contributed by atoms with Crippen LogP contribution in [0.1, 0.15) is 23.8 Å². The van der Waals surface area contributed by atoms with Gasteiger partial charge >= 0.3 is 0 Å². The maximum Gasteiger partial charge on any atom is 0.242 e. The molecule has 0 bridgehead atoms. The Hall–Kier alpha value is -2.34. The Labute approximate surface area is 152 Å². The summed E-state index contributed by atoms with van der Waals surface area (Å²) in [4.78, 5) is 27.0. The lowest BCUT2D eigenvalue weighted by Gasteiger charge is -2.26. The van der Waals surface area contributed by atoms with Crippen molar-refractivity contribution in [2.24, 2.45) is 0 Å². The van der Waals surface area contributed by atoms with E-state index in [1.54, 1.807) is 23.3 Å². The molecule has 0 fully saturated rings. The van der Waals surface area contributed by atoms with Gasteiger partial charge < -0.3 is 15.5 Å². The molecule has 2 heterocycles. The van der Waals surface area contributed by atoms with E-state index in [0.717, 1.165) is 29.8 Å². The average Bonchev–Trinajstić information content (AvgIpc) is 3.11. The molecule has 5 nitrogen and oxygen atoms in total. The molecule has 1 aromatic carbocycles. The third kappa shape index (κ3) is 4.20. The van der Waals surface area contributed by atoms with Crippen LogP contribution in [0.3, 0.4) is 0 Å². The molecule has 1 unspecified atom stereocenters. The Bertz CT molecular complexity index is 758. The number of anilines is 2. The van der Waals surface area contributed by atoms with Crippen LogP contribution >= 0.6 is 11.3 Å². The second kappa shape index (κ2) is 7.70. The smallest absolute Gasteiger partial charge is 0.242 e. The molecule has 0 saturated heterocycles. The minimum atomic E-state index is -0.315. The van der Waals surface area contributed by atoms with E-state index < -0.39 is 0 Å². The monoisotopic (exact) mass is 357 g/mol.